The Bertz CT molecular complexity index is 2200. The first-order valence-electron chi connectivity index (χ1n) is 18.7. The summed E-state index contributed by atoms with van der Waals surface area (Å²) < 4.78 is 30.0. The molecule has 1 atom stereocenters. The third-order valence-corrected chi connectivity index (χ3v) is 10.7. The van der Waals surface area contributed by atoms with Crippen LogP contribution in [0.3, 0.4) is 0 Å². The van der Waals surface area contributed by atoms with Crippen LogP contribution in [0.15, 0.2) is 79.0 Å². The van der Waals surface area contributed by atoms with E-state index < -0.39 is 17.7 Å². The van der Waals surface area contributed by atoms with E-state index in [0.29, 0.717) is 5.56 Å². The summed E-state index contributed by atoms with van der Waals surface area (Å²) in [7, 11) is 2.06. The summed E-state index contributed by atoms with van der Waals surface area (Å²) in [6.07, 6.45) is 3.44. The molecule has 0 amide bonds. The van der Waals surface area contributed by atoms with Gasteiger partial charge in [0.15, 0.2) is 6.20 Å². The standard InChI is InChI=1S/C45H50N/c1-27-19-30-14-16-34-32-11-10-12-33-38-21-29(31-24-44(5,6)26-45(7,8)25-31)13-15-35(38)42(40(32)33)41(34)37(30)22-36(27)39-20-28(17-18-46(39)9)23-43(2,3)4/h10-22,31,42H,23-26H2,1-9H3/q+1/i23D2,31D. The minimum Gasteiger partial charge on any atom is -0.201 e. The lowest BCUT2D eigenvalue weighted by Crippen LogP contribution is -2.32. The van der Waals surface area contributed by atoms with Crippen LogP contribution in [0.5, 0.6) is 0 Å². The van der Waals surface area contributed by atoms with Crippen molar-refractivity contribution in [2.24, 2.45) is 23.3 Å². The highest BCUT2D eigenvalue weighted by molar-refractivity contribution is 6.03. The van der Waals surface area contributed by atoms with Gasteiger partial charge in [-0.15, -0.1) is 0 Å². The van der Waals surface area contributed by atoms with Crippen molar-refractivity contribution in [2.45, 2.75) is 92.8 Å². The van der Waals surface area contributed by atoms with Gasteiger partial charge in [0.1, 0.15) is 7.05 Å². The molecule has 4 aromatic carbocycles. The highest BCUT2D eigenvalue weighted by Gasteiger charge is 2.42. The van der Waals surface area contributed by atoms with E-state index in [2.05, 4.69) is 113 Å². The Hall–Kier alpha value is -3.71. The number of rotatable bonds is 3. The van der Waals surface area contributed by atoms with Crippen molar-refractivity contribution in [1.82, 2.24) is 0 Å². The number of benzene rings is 4. The average molecular weight is 608 g/mol. The molecule has 234 valence electrons. The molecule has 0 radical (unpaired) electrons. The van der Waals surface area contributed by atoms with Crippen LogP contribution in [-0.4, -0.2) is 0 Å². The summed E-state index contributed by atoms with van der Waals surface area (Å²) in [4.78, 5) is 0. The fraction of sp³-hybridized carbons (Fsp3) is 0.400. The molecule has 8 rings (SSSR count). The Morgan fingerprint density at radius 1 is 0.804 bits per heavy atom. The zero-order valence-electron chi connectivity index (χ0n) is 32.2. The topological polar surface area (TPSA) is 3.88 Å². The number of aryl methyl sites for hydroxylation is 2. The number of nitrogens with zero attached hydrogens (tertiary/aromatic N) is 1. The van der Waals surface area contributed by atoms with E-state index in [1.807, 2.05) is 33.0 Å². The van der Waals surface area contributed by atoms with Gasteiger partial charge in [-0.25, -0.2) is 4.57 Å². The Balaban J connectivity index is 1.30. The summed E-state index contributed by atoms with van der Waals surface area (Å²) in [5.74, 6) is -0.454. The number of hydrogen-bond acceptors (Lipinski definition) is 0. The Labute approximate surface area is 280 Å². The summed E-state index contributed by atoms with van der Waals surface area (Å²) in [5.41, 5.74) is 14.3. The van der Waals surface area contributed by atoms with Gasteiger partial charge in [0.25, 0.3) is 0 Å². The minimum absolute atomic E-state index is 0.126. The van der Waals surface area contributed by atoms with Gasteiger partial charge >= 0.3 is 0 Å². The van der Waals surface area contributed by atoms with E-state index in [0.717, 1.165) is 36.1 Å². The summed E-state index contributed by atoms with van der Waals surface area (Å²) in [5, 5.41) is 2.50. The molecule has 1 aromatic heterocycles. The second-order valence-corrected chi connectivity index (χ2v) is 17.2. The quantitative estimate of drug-likeness (QED) is 0.176. The second kappa shape index (κ2) is 9.90. The molecule has 3 aliphatic carbocycles. The number of hydrogen-bond donors (Lipinski definition) is 0. The van der Waals surface area contributed by atoms with Crippen molar-refractivity contribution in [1.29, 1.82) is 0 Å². The molecule has 0 saturated heterocycles. The molecular formula is C45H50N+. The van der Waals surface area contributed by atoms with Gasteiger partial charge in [-0.05, 0) is 127 Å². The van der Waals surface area contributed by atoms with Crippen LogP contribution in [0.4, 0.5) is 0 Å². The van der Waals surface area contributed by atoms with E-state index in [1.54, 1.807) is 0 Å². The molecule has 1 unspecified atom stereocenters. The Morgan fingerprint density at radius 2 is 1.50 bits per heavy atom. The molecule has 3 aliphatic rings. The second-order valence-electron chi connectivity index (χ2n) is 17.2. The summed E-state index contributed by atoms with van der Waals surface area (Å²) in [6.45, 7) is 17.5. The van der Waals surface area contributed by atoms with Crippen molar-refractivity contribution in [3.8, 4) is 33.5 Å². The van der Waals surface area contributed by atoms with Crippen LogP contribution in [0, 0.1) is 23.2 Å². The monoisotopic (exact) mass is 607 g/mol. The molecule has 0 N–H and O–H groups in total. The Morgan fingerprint density at radius 3 is 2.22 bits per heavy atom. The Kier molecular flexibility index (Phi) is 5.67. The largest absolute Gasteiger partial charge is 0.212 e. The first kappa shape index (κ1) is 26.4. The van der Waals surface area contributed by atoms with Crippen molar-refractivity contribution >= 4 is 10.8 Å². The molecule has 0 aliphatic heterocycles. The third kappa shape index (κ3) is 4.76. The van der Waals surface area contributed by atoms with Crippen LogP contribution >= 0.6 is 0 Å². The van der Waals surface area contributed by atoms with Gasteiger partial charge in [-0.3, -0.25) is 0 Å². The predicted octanol–water partition coefficient (Wildman–Crippen LogP) is 11.7. The van der Waals surface area contributed by atoms with E-state index in [9.17, 15) is 1.37 Å². The van der Waals surface area contributed by atoms with Gasteiger partial charge in [0, 0.05) is 27.7 Å². The molecule has 46 heavy (non-hydrogen) atoms. The van der Waals surface area contributed by atoms with Crippen molar-refractivity contribution in [2.75, 3.05) is 0 Å². The van der Waals surface area contributed by atoms with Gasteiger partial charge in [0.05, 0.1) is 0 Å². The number of pyridine rings is 1. The van der Waals surface area contributed by atoms with Crippen LogP contribution in [0.1, 0.15) is 117 Å². The van der Waals surface area contributed by atoms with Gasteiger partial charge in [0.2, 0.25) is 5.69 Å². The molecule has 1 heteroatoms. The minimum atomic E-state index is -1.48. The van der Waals surface area contributed by atoms with Crippen LogP contribution in [0.25, 0.3) is 44.3 Å². The summed E-state index contributed by atoms with van der Waals surface area (Å²) in [6, 6.07) is 27.1. The van der Waals surface area contributed by atoms with Crippen LogP contribution in [-0.2, 0) is 13.4 Å². The first-order chi connectivity index (χ1) is 22.8. The zero-order valence-corrected chi connectivity index (χ0v) is 29.2. The number of aromatic nitrogens is 1. The maximum atomic E-state index is 9.86. The maximum Gasteiger partial charge on any atom is 0.212 e. The van der Waals surface area contributed by atoms with E-state index in [4.69, 9.17) is 2.74 Å². The van der Waals surface area contributed by atoms with E-state index in [1.165, 1.54) is 55.3 Å². The fourth-order valence-electron chi connectivity index (χ4n) is 9.58. The SMILES string of the molecule is [2H]C1(c2ccc3c(c2)-c2cccc4c2C3c2c-4ccc3cc(C)c(-c4cc(C([2H])([2H])C(C)(C)C)cc[n+]4C)cc23)CC(C)(C)CC(C)(C)C1. The van der Waals surface area contributed by atoms with E-state index in [-0.39, 0.29) is 16.7 Å². The van der Waals surface area contributed by atoms with Gasteiger partial charge < -0.3 is 0 Å². The van der Waals surface area contributed by atoms with Crippen molar-refractivity contribution < 1.29 is 8.68 Å². The average Bonchev–Trinajstić information content (AvgIpc) is 3.50. The highest BCUT2D eigenvalue weighted by atomic mass is 14.9. The molecule has 1 nitrogen and oxygen atoms in total. The molecule has 1 heterocycles. The lowest BCUT2D eigenvalue weighted by atomic mass is 9.60. The molecule has 0 spiro atoms. The lowest BCUT2D eigenvalue weighted by molar-refractivity contribution is -0.660. The molecular weight excluding hydrogens is 555 g/mol. The van der Waals surface area contributed by atoms with Crippen LogP contribution < -0.4 is 4.57 Å². The third-order valence-electron chi connectivity index (χ3n) is 10.7. The fourth-order valence-corrected chi connectivity index (χ4v) is 9.58. The molecule has 1 saturated carbocycles. The smallest absolute Gasteiger partial charge is 0.201 e. The molecule has 5 aromatic rings. The van der Waals surface area contributed by atoms with Crippen molar-refractivity contribution in [3.63, 3.8) is 0 Å². The maximum absolute atomic E-state index is 9.86. The highest BCUT2D eigenvalue weighted by Crippen LogP contribution is 2.60. The van der Waals surface area contributed by atoms with E-state index >= 15 is 0 Å². The van der Waals surface area contributed by atoms with Gasteiger partial charge in [-0.2, -0.15) is 0 Å². The molecule has 1 fully saturated rings. The predicted molar refractivity (Wildman–Crippen MR) is 194 cm³/mol. The normalized spacial score (nSPS) is 21.2. The van der Waals surface area contributed by atoms with Crippen molar-refractivity contribution in [3.05, 3.63) is 112 Å². The zero-order chi connectivity index (χ0) is 35.1. The summed E-state index contributed by atoms with van der Waals surface area (Å²) >= 11 is 0. The first-order valence-corrected chi connectivity index (χ1v) is 17.2. The number of fused-ring (bicyclic) bond motifs is 8. The molecule has 0 bridgehead atoms. The van der Waals surface area contributed by atoms with Crippen LogP contribution in [0.2, 0.25) is 0 Å². The van der Waals surface area contributed by atoms with Gasteiger partial charge in [-0.1, -0.05) is 103 Å². The lowest BCUT2D eigenvalue weighted by Gasteiger charge is -2.45.